The van der Waals surface area contributed by atoms with E-state index in [1.807, 2.05) is 0 Å². The first kappa shape index (κ1) is 23.0. The van der Waals surface area contributed by atoms with Crippen LogP contribution in [0.2, 0.25) is 0 Å². The SMILES string of the molecule is O=C(Oc1cccc(OC(=O)c2ccc(Br)c([N+](=O)[O-])c2)c1)c1ccc(Br)c([N+](=O)[O-])c1. The van der Waals surface area contributed by atoms with Gasteiger partial charge in [0.05, 0.1) is 29.9 Å². The van der Waals surface area contributed by atoms with E-state index in [4.69, 9.17) is 9.47 Å². The Bertz CT molecular complexity index is 1170. The third kappa shape index (κ3) is 5.34. The Morgan fingerprint density at radius 2 is 1.09 bits per heavy atom. The number of carbonyl (C=O) groups excluding carboxylic acids is 2. The molecule has 0 atom stereocenters. The lowest BCUT2D eigenvalue weighted by Gasteiger charge is -2.08. The van der Waals surface area contributed by atoms with E-state index in [2.05, 4.69) is 31.9 Å². The van der Waals surface area contributed by atoms with Crippen LogP contribution < -0.4 is 9.47 Å². The summed E-state index contributed by atoms with van der Waals surface area (Å²) in [5.41, 5.74) is -0.703. The minimum absolute atomic E-state index is 0.0210. The van der Waals surface area contributed by atoms with Crippen molar-refractivity contribution in [2.75, 3.05) is 0 Å². The second-order valence-corrected chi connectivity index (χ2v) is 7.81. The average Bonchev–Trinajstić information content (AvgIpc) is 2.74. The molecule has 0 fully saturated rings. The van der Waals surface area contributed by atoms with Crippen LogP contribution in [-0.4, -0.2) is 21.8 Å². The van der Waals surface area contributed by atoms with Crippen LogP contribution in [-0.2, 0) is 0 Å². The maximum Gasteiger partial charge on any atom is 0.343 e. The molecule has 0 aliphatic rings. The minimum Gasteiger partial charge on any atom is -0.423 e. The highest BCUT2D eigenvalue weighted by molar-refractivity contribution is 9.11. The normalized spacial score (nSPS) is 10.3. The summed E-state index contributed by atoms with van der Waals surface area (Å²) in [7, 11) is 0. The van der Waals surface area contributed by atoms with E-state index in [1.54, 1.807) is 0 Å². The Morgan fingerprint density at radius 3 is 1.47 bits per heavy atom. The number of nitro groups is 2. The molecule has 0 amide bonds. The second kappa shape index (κ2) is 9.66. The van der Waals surface area contributed by atoms with Gasteiger partial charge in [0.2, 0.25) is 0 Å². The van der Waals surface area contributed by atoms with Crippen molar-refractivity contribution in [2.45, 2.75) is 0 Å². The molecule has 0 aliphatic heterocycles. The molecular formula is C20H10Br2N2O8. The summed E-state index contributed by atoms with van der Waals surface area (Å²) < 4.78 is 10.8. The van der Waals surface area contributed by atoms with Gasteiger partial charge in [-0.1, -0.05) is 6.07 Å². The summed E-state index contributed by atoms with van der Waals surface area (Å²) in [6.07, 6.45) is 0. The van der Waals surface area contributed by atoms with Crippen molar-refractivity contribution in [2.24, 2.45) is 0 Å². The zero-order valence-electron chi connectivity index (χ0n) is 15.7. The highest BCUT2D eigenvalue weighted by Gasteiger charge is 2.19. The molecule has 0 N–H and O–H groups in total. The summed E-state index contributed by atoms with van der Waals surface area (Å²) in [4.78, 5) is 45.5. The largest absolute Gasteiger partial charge is 0.423 e. The molecule has 0 spiro atoms. The van der Waals surface area contributed by atoms with Crippen LogP contribution in [0.4, 0.5) is 11.4 Å². The predicted octanol–water partition coefficient (Wildman–Crippen LogP) is 5.47. The standard InChI is InChI=1S/C20H10Br2N2O8/c21-15-6-4-11(8-17(15)23(27)28)19(25)31-13-2-1-3-14(10-13)32-20(26)12-5-7-16(22)18(9-12)24(29)30/h1-10H. The number of halogens is 2. The van der Waals surface area contributed by atoms with Gasteiger partial charge in [-0.15, -0.1) is 0 Å². The van der Waals surface area contributed by atoms with Crippen molar-refractivity contribution in [3.8, 4) is 11.5 Å². The molecule has 32 heavy (non-hydrogen) atoms. The van der Waals surface area contributed by atoms with Gasteiger partial charge in [0.25, 0.3) is 11.4 Å². The fourth-order valence-electron chi connectivity index (χ4n) is 2.49. The number of nitro benzene ring substituents is 2. The molecule has 0 saturated carbocycles. The molecule has 0 saturated heterocycles. The maximum atomic E-state index is 12.4. The molecule has 12 heteroatoms. The second-order valence-electron chi connectivity index (χ2n) is 6.10. The van der Waals surface area contributed by atoms with Crippen LogP contribution in [0, 0.1) is 20.2 Å². The van der Waals surface area contributed by atoms with Crippen molar-refractivity contribution in [3.63, 3.8) is 0 Å². The fraction of sp³-hybridized carbons (Fsp3) is 0. The number of hydrogen-bond acceptors (Lipinski definition) is 8. The number of benzene rings is 3. The Hall–Kier alpha value is -3.64. The Balaban J connectivity index is 1.76. The predicted molar refractivity (Wildman–Crippen MR) is 118 cm³/mol. The first-order valence-electron chi connectivity index (χ1n) is 8.58. The number of hydrogen-bond donors (Lipinski definition) is 0. The van der Waals surface area contributed by atoms with Gasteiger partial charge < -0.3 is 9.47 Å². The third-order valence-electron chi connectivity index (χ3n) is 3.98. The topological polar surface area (TPSA) is 139 Å². The lowest BCUT2D eigenvalue weighted by atomic mass is 10.2. The highest BCUT2D eigenvalue weighted by atomic mass is 79.9. The fourth-order valence-corrected chi connectivity index (χ4v) is 3.28. The molecule has 0 aliphatic carbocycles. The van der Waals surface area contributed by atoms with E-state index in [0.717, 1.165) is 12.1 Å². The van der Waals surface area contributed by atoms with E-state index in [0.29, 0.717) is 0 Å². The lowest BCUT2D eigenvalue weighted by molar-refractivity contribution is -0.385. The number of rotatable bonds is 6. The van der Waals surface area contributed by atoms with Crippen molar-refractivity contribution >= 4 is 55.2 Å². The van der Waals surface area contributed by atoms with E-state index in [9.17, 15) is 29.8 Å². The maximum absolute atomic E-state index is 12.4. The van der Waals surface area contributed by atoms with E-state index < -0.39 is 21.8 Å². The van der Waals surface area contributed by atoms with Gasteiger partial charge in [-0.05, 0) is 68.3 Å². The van der Waals surface area contributed by atoms with Crippen LogP contribution >= 0.6 is 31.9 Å². The van der Waals surface area contributed by atoms with Gasteiger partial charge in [0.1, 0.15) is 11.5 Å². The number of carbonyl (C=O) groups is 2. The van der Waals surface area contributed by atoms with Gasteiger partial charge >= 0.3 is 11.9 Å². The molecular weight excluding hydrogens is 556 g/mol. The monoisotopic (exact) mass is 564 g/mol. The van der Waals surface area contributed by atoms with Gasteiger partial charge in [0.15, 0.2) is 0 Å². The van der Waals surface area contributed by atoms with Crippen LogP contribution in [0.1, 0.15) is 20.7 Å². The van der Waals surface area contributed by atoms with Crippen LogP contribution in [0.15, 0.2) is 69.6 Å². The average molecular weight is 566 g/mol. The summed E-state index contributed by atoms with van der Waals surface area (Å²) in [6.45, 7) is 0. The molecule has 0 bridgehead atoms. The zero-order chi connectivity index (χ0) is 23.4. The van der Waals surface area contributed by atoms with Crippen molar-refractivity contribution in [1.29, 1.82) is 0 Å². The Labute approximate surface area is 196 Å². The summed E-state index contributed by atoms with van der Waals surface area (Å²) in [6, 6.07) is 13.1. The van der Waals surface area contributed by atoms with Crippen LogP contribution in [0.3, 0.4) is 0 Å². The van der Waals surface area contributed by atoms with Crippen LogP contribution in [0.25, 0.3) is 0 Å². The van der Waals surface area contributed by atoms with Crippen molar-refractivity contribution < 1.29 is 28.9 Å². The summed E-state index contributed by atoms with van der Waals surface area (Å²) in [5, 5.41) is 22.1. The molecule has 0 radical (unpaired) electrons. The van der Waals surface area contributed by atoms with Gasteiger partial charge in [-0.25, -0.2) is 9.59 Å². The molecule has 3 aromatic carbocycles. The minimum atomic E-state index is -0.854. The quantitative estimate of drug-likeness (QED) is 0.166. The molecule has 10 nitrogen and oxygen atoms in total. The lowest BCUT2D eigenvalue weighted by Crippen LogP contribution is -2.11. The molecule has 0 aromatic heterocycles. The number of esters is 2. The Kier molecular flexibility index (Phi) is 6.95. The summed E-state index contributed by atoms with van der Waals surface area (Å²) in [5.74, 6) is -1.67. The van der Waals surface area contributed by atoms with Gasteiger partial charge in [-0.3, -0.25) is 20.2 Å². The first-order chi connectivity index (χ1) is 15.2. The van der Waals surface area contributed by atoms with Gasteiger partial charge in [0, 0.05) is 18.2 Å². The number of ether oxygens (including phenoxy) is 2. The molecule has 0 heterocycles. The smallest absolute Gasteiger partial charge is 0.343 e. The molecule has 162 valence electrons. The van der Waals surface area contributed by atoms with Gasteiger partial charge in [-0.2, -0.15) is 0 Å². The molecule has 3 aromatic rings. The summed E-state index contributed by atoms with van der Waals surface area (Å²) >= 11 is 6.07. The van der Waals surface area contributed by atoms with E-state index in [1.165, 1.54) is 48.5 Å². The van der Waals surface area contributed by atoms with E-state index >= 15 is 0 Å². The van der Waals surface area contributed by atoms with Crippen molar-refractivity contribution in [1.82, 2.24) is 0 Å². The van der Waals surface area contributed by atoms with E-state index in [-0.39, 0.29) is 42.9 Å². The molecule has 0 unspecified atom stereocenters. The Morgan fingerprint density at radius 1 is 0.688 bits per heavy atom. The van der Waals surface area contributed by atoms with Crippen molar-refractivity contribution in [3.05, 3.63) is 101 Å². The third-order valence-corrected chi connectivity index (χ3v) is 5.32. The van der Waals surface area contributed by atoms with Crippen LogP contribution in [0.5, 0.6) is 11.5 Å². The zero-order valence-corrected chi connectivity index (χ0v) is 18.9. The number of nitrogens with zero attached hydrogens (tertiary/aromatic N) is 2. The highest BCUT2D eigenvalue weighted by Crippen LogP contribution is 2.28. The molecule has 3 rings (SSSR count). The first-order valence-corrected chi connectivity index (χ1v) is 10.2.